The maximum atomic E-state index is 12.1. The standard InChI is InChI=1S/C7H7F2N3O2/c8-6(9)4-5(13)3(10)2(1-12-4)7(11)14/h1,6,13H,(H2,10,12)(H2,11,14). The number of nitrogens with two attached hydrogens (primary N) is 2. The summed E-state index contributed by atoms with van der Waals surface area (Å²) in [6.07, 6.45) is -2.15. The fourth-order valence-electron chi connectivity index (χ4n) is 0.886. The molecular weight excluding hydrogens is 196 g/mol. The number of aromatic hydroxyl groups is 1. The summed E-state index contributed by atoms with van der Waals surface area (Å²) < 4.78 is 24.3. The highest BCUT2D eigenvalue weighted by Gasteiger charge is 2.20. The molecule has 0 aromatic carbocycles. The molecular formula is C7H7F2N3O2. The van der Waals surface area contributed by atoms with Crippen molar-refractivity contribution < 1.29 is 18.7 Å². The van der Waals surface area contributed by atoms with E-state index in [1.807, 2.05) is 0 Å². The third-order valence-electron chi connectivity index (χ3n) is 1.59. The van der Waals surface area contributed by atoms with Gasteiger partial charge in [-0.2, -0.15) is 0 Å². The normalized spacial score (nSPS) is 10.5. The Balaban J connectivity index is 3.33. The summed E-state index contributed by atoms with van der Waals surface area (Å²) in [7, 11) is 0. The monoisotopic (exact) mass is 203 g/mol. The average Bonchev–Trinajstić information content (AvgIpc) is 2.08. The minimum atomic E-state index is -2.96. The molecule has 0 radical (unpaired) electrons. The topological polar surface area (TPSA) is 102 Å². The van der Waals surface area contributed by atoms with Gasteiger partial charge in [0.15, 0.2) is 11.4 Å². The lowest BCUT2D eigenvalue weighted by molar-refractivity contribution is 0.0999. The van der Waals surface area contributed by atoms with Gasteiger partial charge in [-0.25, -0.2) is 8.78 Å². The predicted octanol–water partition coefficient (Wildman–Crippen LogP) is 0.406. The molecule has 5 N–H and O–H groups in total. The van der Waals surface area contributed by atoms with E-state index >= 15 is 0 Å². The second-order valence-electron chi connectivity index (χ2n) is 2.48. The van der Waals surface area contributed by atoms with Gasteiger partial charge in [-0.15, -0.1) is 0 Å². The first-order valence-corrected chi connectivity index (χ1v) is 3.50. The molecule has 0 unspecified atom stereocenters. The molecule has 0 spiro atoms. The van der Waals surface area contributed by atoms with Crippen LogP contribution >= 0.6 is 0 Å². The second-order valence-corrected chi connectivity index (χ2v) is 2.48. The molecule has 76 valence electrons. The lowest BCUT2D eigenvalue weighted by Crippen LogP contribution is -2.14. The van der Waals surface area contributed by atoms with Crippen LogP contribution in [0, 0.1) is 0 Å². The minimum absolute atomic E-state index is 0.285. The van der Waals surface area contributed by atoms with Crippen LogP contribution in [0.2, 0.25) is 0 Å². The smallest absolute Gasteiger partial charge is 0.284 e. The fraction of sp³-hybridized carbons (Fsp3) is 0.143. The van der Waals surface area contributed by atoms with Crippen LogP contribution in [0.25, 0.3) is 0 Å². The number of hydrogen-bond acceptors (Lipinski definition) is 4. The van der Waals surface area contributed by atoms with Gasteiger partial charge in [-0.1, -0.05) is 0 Å². The number of pyridine rings is 1. The summed E-state index contributed by atoms with van der Waals surface area (Å²) in [4.78, 5) is 13.8. The van der Waals surface area contributed by atoms with Gasteiger partial charge in [0.2, 0.25) is 0 Å². The molecule has 0 aliphatic carbocycles. The zero-order chi connectivity index (χ0) is 10.9. The van der Waals surface area contributed by atoms with E-state index in [0.717, 1.165) is 6.20 Å². The summed E-state index contributed by atoms with van der Waals surface area (Å²) in [5.41, 5.74) is 8.41. The van der Waals surface area contributed by atoms with Crippen molar-refractivity contribution in [3.63, 3.8) is 0 Å². The fourth-order valence-corrected chi connectivity index (χ4v) is 0.886. The third kappa shape index (κ3) is 1.56. The largest absolute Gasteiger partial charge is 0.504 e. The third-order valence-corrected chi connectivity index (χ3v) is 1.59. The van der Waals surface area contributed by atoms with E-state index in [9.17, 15) is 13.6 Å². The van der Waals surface area contributed by atoms with Gasteiger partial charge in [0.25, 0.3) is 12.3 Å². The van der Waals surface area contributed by atoms with Crippen molar-refractivity contribution in [3.05, 3.63) is 17.5 Å². The van der Waals surface area contributed by atoms with Crippen molar-refractivity contribution in [2.45, 2.75) is 6.43 Å². The number of rotatable bonds is 2. The number of amides is 1. The van der Waals surface area contributed by atoms with Crippen molar-refractivity contribution in [1.29, 1.82) is 0 Å². The second kappa shape index (κ2) is 3.44. The predicted molar refractivity (Wildman–Crippen MR) is 43.8 cm³/mol. The Morgan fingerprint density at radius 3 is 2.57 bits per heavy atom. The van der Waals surface area contributed by atoms with E-state index in [0.29, 0.717) is 0 Å². The number of nitrogens with zero attached hydrogens (tertiary/aromatic N) is 1. The van der Waals surface area contributed by atoms with Crippen LogP contribution in [0.4, 0.5) is 14.5 Å². The first kappa shape index (κ1) is 10.2. The highest BCUT2D eigenvalue weighted by molar-refractivity contribution is 5.98. The Bertz CT molecular complexity index is 381. The van der Waals surface area contributed by atoms with Gasteiger partial charge >= 0.3 is 0 Å². The van der Waals surface area contributed by atoms with Crippen molar-refractivity contribution in [3.8, 4) is 5.75 Å². The number of hydrogen-bond donors (Lipinski definition) is 3. The highest BCUT2D eigenvalue weighted by atomic mass is 19.3. The van der Waals surface area contributed by atoms with E-state index in [1.54, 1.807) is 0 Å². The van der Waals surface area contributed by atoms with Crippen molar-refractivity contribution in [1.82, 2.24) is 4.98 Å². The van der Waals surface area contributed by atoms with E-state index < -0.39 is 29.5 Å². The number of nitrogen functional groups attached to an aromatic ring is 1. The molecule has 1 heterocycles. The minimum Gasteiger partial charge on any atom is -0.504 e. The van der Waals surface area contributed by atoms with Gasteiger partial charge in [-0.05, 0) is 0 Å². The number of primary amides is 1. The van der Waals surface area contributed by atoms with Gasteiger partial charge in [-0.3, -0.25) is 9.78 Å². The summed E-state index contributed by atoms with van der Waals surface area (Å²) in [5.74, 6) is -1.84. The Morgan fingerprint density at radius 1 is 1.57 bits per heavy atom. The molecule has 0 aliphatic rings. The van der Waals surface area contributed by atoms with Gasteiger partial charge in [0.05, 0.1) is 11.3 Å². The van der Waals surface area contributed by atoms with E-state index in [2.05, 4.69) is 4.98 Å². The van der Waals surface area contributed by atoms with Crippen LogP contribution in [-0.4, -0.2) is 16.0 Å². The van der Waals surface area contributed by atoms with Crippen LogP contribution in [0.15, 0.2) is 6.20 Å². The zero-order valence-corrected chi connectivity index (χ0v) is 6.87. The number of halogens is 2. The lowest BCUT2D eigenvalue weighted by atomic mass is 10.2. The summed E-state index contributed by atoms with van der Waals surface area (Å²) >= 11 is 0. The quantitative estimate of drug-likeness (QED) is 0.647. The molecule has 1 amide bonds. The van der Waals surface area contributed by atoms with Crippen LogP contribution in [0.3, 0.4) is 0 Å². The van der Waals surface area contributed by atoms with Crippen molar-refractivity contribution in [2.75, 3.05) is 5.73 Å². The Morgan fingerprint density at radius 2 is 2.14 bits per heavy atom. The Hall–Kier alpha value is -1.92. The molecule has 0 bridgehead atoms. The van der Waals surface area contributed by atoms with Crippen LogP contribution in [0.5, 0.6) is 5.75 Å². The summed E-state index contributed by atoms with van der Waals surface area (Å²) in [5, 5.41) is 9.12. The van der Waals surface area contributed by atoms with E-state index in [-0.39, 0.29) is 5.56 Å². The van der Waals surface area contributed by atoms with E-state index in [1.165, 1.54) is 0 Å². The molecule has 1 aromatic heterocycles. The number of anilines is 1. The van der Waals surface area contributed by atoms with Gasteiger partial charge < -0.3 is 16.6 Å². The highest BCUT2D eigenvalue weighted by Crippen LogP contribution is 2.32. The Labute approximate surface area is 77.3 Å². The van der Waals surface area contributed by atoms with Gasteiger partial charge in [0.1, 0.15) is 0 Å². The van der Waals surface area contributed by atoms with Crippen LogP contribution < -0.4 is 11.5 Å². The van der Waals surface area contributed by atoms with E-state index in [4.69, 9.17) is 16.6 Å². The van der Waals surface area contributed by atoms with Gasteiger partial charge in [0, 0.05) is 6.20 Å². The molecule has 5 nitrogen and oxygen atoms in total. The molecule has 1 rings (SSSR count). The van der Waals surface area contributed by atoms with Crippen molar-refractivity contribution in [2.24, 2.45) is 5.73 Å². The SMILES string of the molecule is NC(=O)c1cnc(C(F)F)c(O)c1N. The molecule has 7 heteroatoms. The molecule has 0 aliphatic heterocycles. The summed E-state index contributed by atoms with van der Waals surface area (Å²) in [6.45, 7) is 0. The number of carbonyl (C=O) groups is 1. The van der Waals surface area contributed by atoms with Crippen LogP contribution in [-0.2, 0) is 0 Å². The lowest BCUT2D eigenvalue weighted by Gasteiger charge is -2.07. The number of aromatic nitrogens is 1. The Kier molecular flexibility index (Phi) is 2.50. The maximum absolute atomic E-state index is 12.1. The first-order chi connectivity index (χ1) is 6.45. The van der Waals surface area contributed by atoms with Crippen LogP contribution in [0.1, 0.15) is 22.5 Å². The molecule has 0 fully saturated rings. The van der Waals surface area contributed by atoms with Crippen molar-refractivity contribution >= 4 is 11.6 Å². The number of carbonyl (C=O) groups excluding carboxylic acids is 1. The summed E-state index contributed by atoms with van der Waals surface area (Å²) in [6, 6.07) is 0. The molecule has 0 atom stereocenters. The average molecular weight is 203 g/mol. The molecule has 0 saturated heterocycles. The molecule has 14 heavy (non-hydrogen) atoms. The maximum Gasteiger partial charge on any atom is 0.284 e. The first-order valence-electron chi connectivity index (χ1n) is 3.50. The molecule has 0 saturated carbocycles. The molecule has 1 aromatic rings. The zero-order valence-electron chi connectivity index (χ0n) is 6.87. The number of alkyl halides is 2.